The Kier molecular flexibility index (Phi) is 4.96. The van der Waals surface area contributed by atoms with Gasteiger partial charge in [-0.2, -0.15) is 0 Å². The molecular formula is C22H19BrN4O. The molecule has 0 bridgehead atoms. The first-order chi connectivity index (χ1) is 13.5. The Hall–Kier alpha value is -2.99. The summed E-state index contributed by atoms with van der Waals surface area (Å²) in [7, 11) is 1.95. The van der Waals surface area contributed by atoms with Crippen LogP contribution < -0.4 is 5.32 Å². The lowest BCUT2D eigenvalue weighted by Gasteiger charge is -2.09. The average molecular weight is 435 g/mol. The number of nitrogens with zero attached hydrogens (tertiary/aromatic N) is 3. The summed E-state index contributed by atoms with van der Waals surface area (Å²) in [5.74, 6) is 0.656. The van der Waals surface area contributed by atoms with Crippen molar-refractivity contribution in [3.8, 4) is 11.3 Å². The van der Waals surface area contributed by atoms with Crippen molar-refractivity contribution in [3.63, 3.8) is 0 Å². The van der Waals surface area contributed by atoms with Gasteiger partial charge in [-0.25, -0.2) is 4.98 Å². The molecule has 0 saturated heterocycles. The highest BCUT2D eigenvalue weighted by molar-refractivity contribution is 9.10. The smallest absolute Gasteiger partial charge is 0.253 e. The first-order valence-corrected chi connectivity index (χ1v) is 9.74. The summed E-state index contributed by atoms with van der Waals surface area (Å²) in [5.41, 5.74) is 5.07. The Balaban J connectivity index is 1.52. The zero-order valence-electron chi connectivity index (χ0n) is 15.6. The van der Waals surface area contributed by atoms with Crippen LogP contribution >= 0.6 is 15.9 Å². The van der Waals surface area contributed by atoms with E-state index >= 15 is 0 Å². The summed E-state index contributed by atoms with van der Waals surface area (Å²) in [4.78, 5) is 21.9. The molecule has 4 rings (SSSR count). The molecule has 4 aromatic rings. The number of halogens is 1. The molecule has 1 N–H and O–H groups in total. The van der Waals surface area contributed by atoms with Crippen LogP contribution in [-0.2, 0) is 13.6 Å². The summed E-state index contributed by atoms with van der Waals surface area (Å²) in [5, 5.41) is 2.96. The van der Waals surface area contributed by atoms with Gasteiger partial charge in [0.25, 0.3) is 5.91 Å². The second-order valence-electron chi connectivity index (χ2n) is 6.60. The largest absolute Gasteiger partial charge is 0.345 e. The fourth-order valence-electron chi connectivity index (χ4n) is 3.22. The maximum atomic E-state index is 12.7. The maximum absolute atomic E-state index is 12.7. The third-order valence-electron chi connectivity index (χ3n) is 4.74. The van der Waals surface area contributed by atoms with E-state index < -0.39 is 0 Å². The number of para-hydroxylation sites is 2. The molecule has 0 aliphatic rings. The fourth-order valence-corrected chi connectivity index (χ4v) is 3.62. The molecule has 2 aromatic heterocycles. The fraction of sp³-hybridized carbons (Fsp3) is 0.136. The van der Waals surface area contributed by atoms with Gasteiger partial charge in [-0.1, -0.05) is 40.2 Å². The number of aromatic nitrogens is 3. The van der Waals surface area contributed by atoms with E-state index in [2.05, 4.69) is 31.2 Å². The summed E-state index contributed by atoms with van der Waals surface area (Å²) in [6, 6.07) is 19.6. The number of amides is 1. The molecule has 0 atom stereocenters. The van der Waals surface area contributed by atoms with Crippen molar-refractivity contribution < 1.29 is 4.79 Å². The number of nitrogens with one attached hydrogen (secondary N) is 1. The standard InChI is InChI=1S/C22H19BrN4O/c1-14-17(10-11-18(25-14)15-6-5-7-16(23)12-15)22(28)24-13-21-26-19-8-3-4-9-20(19)27(21)2/h3-12H,13H2,1-2H3,(H,24,28). The van der Waals surface area contributed by atoms with Crippen molar-refractivity contribution in [2.45, 2.75) is 13.5 Å². The van der Waals surface area contributed by atoms with Gasteiger partial charge < -0.3 is 9.88 Å². The molecule has 0 spiro atoms. The zero-order valence-corrected chi connectivity index (χ0v) is 17.2. The van der Waals surface area contributed by atoms with Gasteiger partial charge in [0.15, 0.2) is 0 Å². The Morgan fingerprint density at radius 3 is 2.64 bits per heavy atom. The van der Waals surface area contributed by atoms with Crippen LogP contribution in [0.2, 0.25) is 0 Å². The predicted molar refractivity (Wildman–Crippen MR) is 114 cm³/mol. The Bertz CT molecular complexity index is 1180. The van der Waals surface area contributed by atoms with E-state index in [4.69, 9.17) is 0 Å². The highest BCUT2D eigenvalue weighted by Crippen LogP contribution is 2.22. The van der Waals surface area contributed by atoms with E-state index in [1.54, 1.807) is 0 Å². The van der Waals surface area contributed by atoms with E-state index in [1.807, 2.05) is 79.2 Å². The second-order valence-corrected chi connectivity index (χ2v) is 7.51. The molecule has 140 valence electrons. The highest BCUT2D eigenvalue weighted by Gasteiger charge is 2.13. The van der Waals surface area contributed by atoms with E-state index in [-0.39, 0.29) is 5.91 Å². The molecular weight excluding hydrogens is 416 g/mol. The van der Waals surface area contributed by atoms with Crippen molar-refractivity contribution in [2.75, 3.05) is 0 Å². The van der Waals surface area contributed by atoms with E-state index in [0.717, 1.165) is 32.6 Å². The summed E-state index contributed by atoms with van der Waals surface area (Å²) >= 11 is 3.48. The molecule has 2 aromatic carbocycles. The molecule has 0 aliphatic heterocycles. The van der Waals surface area contributed by atoms with Crippen molar-refractivity contribution in [1.29, 1.82) is 0 Å². The molecule has 2 heterocycles. The summed E-state index contributed by atoms with van der Waals surface area (Å²) in [6.45, 7) is 2.21. The molecule has 0 saturated carbocycles. The van der Waals surface area contributed by atoms with Crippen molar-refractivity contribution >= 4 is 32.9 Å². The topological polar surface area (TPSA) is 59.8 Å². The van der Waals surface area contributed by atoms with Crippen LogP contribution in [-0.4, -0.2) is 20.4 Å². The molecule has 0 radical (unpaired) electrons. The second kappa shape index (κ2) is 7.56. The quantitative estimate of drug-likeness (QED) is 0.508. The monoisotopic (exact) mass is 434 g/mol. The molecule has 28 heavy (non-hydrogen) atoms. The van der Waals surface area contributed by atoms with E-state index in [9.17, 15) is 4.79 Å². The number of carbonyl (C=O) groups excluding carboxylic acids is 1. The zero-order chi connectivity index (χ0) is 19.7. The van der Waals surface area contributed by atoms with Crippen LogP contribution in [0.25, 0.3) is 22.3 Å². The Labute approximate surface area is 171 Å². The number of imidazole rings is 1. The van der Waals surface area contributed by atoms with Crippen molar-refractivity contribution in [3.05, 3.63) is 82.2 Å². The molecule has 6 heteroatoms. The number of rotatable bonds is 4. The van der Waals surface area contributed by atoms with Crippen LogP contribution in [0.5, 0.6) is 0 Å². The van der Waals surface area contributed by atoms with E-state index in [0.29, 0.717) is 17.8 Å². The van der Waals surface area contributed by atoms with Crippen LogP contribution in [0.3, 0.4) is 0 Å². The minimum atomic E-state index is -0.155. The lowest BCUT2D eigenvalue weighted by atomic mass is 10.1. The average Bonchev–Trinajstić information content (AvgIpc) is 3.02. The SMILES string of the molecule is Cc1nc(-c2cccc(Br)c2)ccc1C(=O)NCc1nc2ccccc2n1C. The van der Waals surface area contributed by atoms with Crippen LogP contribution in [0.1, 0.15) is 21.9 Å². The van der Waals surface area contributed by atoms with Crippen molar-refractivity contribution in [2.24, 2.45) is 7.05 Å². The minimum absolute atomic E-state index is 0.155. The molecule has 0 aliphatic carbocycles. The normalized spacial score (nSPS) is 11.0. The summed E-state index contributed by atoms with van der Waals surface area (Å²) in [6.07, 6.45) is 0. The van der Waals surface area contributed by atoms with Gasteiger partial charge in [0.05, 0.1) is 34.5 Å². The van der Waals surface area contributed by atoms with Gasteiger partial charge in [-0.05, 0) is 43.3 Å². The van der Waals surface area contributed by atoms with Gasteiger partial charge in [-0.3, -0.25) is 9.78 Å². The first-order valence-electron chi connectivity index (χ1n) is 8.95. The molecule has 0 unspecified atom stereocenters. The van der Waals surface area contributed by atoms with Gasteiger partial charge in [0.2, 0.25) is 0 Å². The first kappa shape index (κ1) is 18.4. The summed E-state index contributed by atoms with van der Waals surface area (Å²) < 4.78 is 2.99. The number of hydrogen-bond acceptors (Lipinski definition) is 3. The van der Waals surface area contributed by atoms with Gasteiger partial charge in [0, 0.05) is 17.1 Å². The van der Waals surface area contributed by atoms with Crippen molar-refractivity contribution in [1.82, 2.24) is 19.9 Å². The van der Waals surface area contributed by atoms with Crippen LogP contribution in [0.4, 0.5) is 0 Å². The van der Waals surface area contributed by atoms with Gasteiger partial charge in [-0.15, -0.1) is 0 Å². The third-order valence-corrected chi connectivity index (χ3v) is 5.23. The number of hydrogen-bond donors (Lipinski definition) is 1. The lowest BCUT2D eigenvalue weighted by Crippen LogP contribution is -2.25. The maximum Gasteiger partial charge on any atom is 0.253 e. The lowest BCUT2D eigenvalue weighted by molar-refractivity contribution is 0.0948. The predicted octanol–water partition coefficient (Wildman–Crippen LogP) is 4.64. The van der Waals surface area contributed by atoms with Crippen LogP contribution in [0.15, 0.2) is 65.1 Å². The minimum Gasteiger partial charge on any atom is -0.345 e. The third kappa shape index (κ3) is 3.55. The molecule has 5 nitrogen and oxygen atoms in total. The van der Waals surface area contributed by atoms with Gasteiger partial charge in [0.1, 0.15) is 5.82 Å². The number of benzene rings is 2. The Morgan fingerprint density at radius 2 is 1.89 bits per heavy atom. The molecule has 0 fully saturated rings. The van der Waals surface area contributed by atoms with E-state index in [1.165, 1.54) is 0 Å². The number of pyridine rings is 1. The Morgan fingerprint density at radius 1 is 1.07 bits per heavy atom. The number of fused-ring (bicyclic) bond motifs is 1. The van der Waals surface area contributed by atoms with Gasteiger partial charge >= 0.3 is 0 Å². The number of aryl methyl sites for hydroxylation is 2. The molecule has 1 amide bonds. The number of carbonyl (C=O) groups is 1. The highest BCUT2D eigenvalue weighted by atomic mass is 79.9. The van der Waals surface area contributed by atoms with Crippen LogP contribution in [0, 0.1) is 6.92 Å².